The molecule has 0 N–H and O–H groups in total. The molecule has 1 unspecified atom stereocenters. The molecule has 3 rings (SSSR count). The van der Waals surface area contributed by atoms with Crippen molar-refractivity contribution in [3.05, 3.63) is 18.1 Å². The minimum absolute atomic E-state index is 0.177. The number of amides is 2. The maximum Gasteiger partial charge on any atom is 0.415 e. The van der Waals surface area contributed by atoms with E-state index in [1.165, 1.54) is 4.90 Å². The number of cyclic esters (lactones) is 1. The van der Waals surface area contributed by atoms with Crippen LogP contribution < -0.4 is 4.90 Å². The number of anilines is 1. The second-order valence-corrected chi connectivity index (χ2v) is 7.41. The summed E-state index contributed by atoms with van der Waals surface area (Å²) in [6.07, 6.45) is 4.92. The molecule has 2 aliphatic heterocycles. The first-order valence-electron chi connectivity index (χ1n) is 8.42. The molecule has 7 heteroatoms. The van der Waals surface area contributed by atoms with E-state index in [2.05, 4.69) is 9.97 Å². The Morgan fingerprint density at radius 1 is 1.25 bits per heavy atom. The number of hydrogen-bond acceptors (Lipinski definition) is 5. The van der Waals surface area contributed by atoms with Crippen LogP contribution in [-0.2, 0) is 9.53 Å². The van der Waals surface area contributed by atoms with Gasteiger partial charge in [-0.05, 0) is 12.8 Å². The second-order valence-electron chi connectivity index (χ2n) is 7.41. The lowest BCUT2D eigenvalue weighted by Gasteiger charge is -2.36. The van der Waals surface area contributed by atoms with Crippen molar-refractivity contribution >= 4 is 17.8 Å². The molecule has 2 fully saturated rings. The molecular weight excluding hydrogens is 308 g/mol. The Hall–Kier alpha value is -2.18. The normalized spacial score (nSPS) is 21.8. The van der Waals surface area contributed by atoms with Gasteiger partial charge < -0.3 is 9.64 Å². The SMILES string of the molecule is CC(C)(C)C(=O)N1CCCC(c2cnc(N3CCOC3=O)cn2)C1. The van der Waals surface area contributed by atoms with E-state index in [1.807, 2.05) is 25.7 Å². The van der Waals surface area contributed by atoms with Crippen molar-refractivity contribution in [2.75, 3.05) is 31.1 Å². The lowest BCUT2D eigenvalue weighted by molar-refractivity contribution is -0.140. The Morgan fingerprint density at radius 2 is 2.04 bits per heavy atom. The van der Waals surface area contributed by atoms with Crippen molar-refractivity contribution < 1.29 is 14.3 Å². The van der Waals surface area contributed by atoms with Crippen LogP contribution in [0.3, 0.4) is 0 Å². The second kappa shape index (κ2) is 6.37. The van der Waals surface area contributed by atoms with E-state index < -0.39 is 0 Å². The van der Waals surface area contributed by atoms with Gasteiger partial charge in [-0.1, -0.05) is 20.8 Å². The molecule has 3 heterocycles. The number of hydrogen-bond donors (Lipinski definition) is 0. The summed E-state index contributed by atoms with van der Waals surface area (Å²) in [6, 6.07) is 0. The van der Waals surface area contributed by atoms with Crippen molar-refractivity contribution in [1.82, 2.24) is 14.9 Å². The first-order valence-corrected chi connectivity index (χ1v) is 8.42. The molecular formula is C17H24N4O3. The van der Waals surface area contributed by atoms with Gasteiger partial charge in [0.2, 0.25) is 5.91 Å². The molecule has 0 spiro atoms. The van der Waals surface area contributed by atoms with Crippen molar-refractivity contribution in [3.8, 4) is 0 Å². The van der Waals surface area contributed by atoms with Gasteiger partial charge in [0.25, 0.3) is 0 Å². The third kappa shape index (κ3) is 3.34. The number of likely N-dealkylation sites (tertiary alicyclic amines) is 1. The van der Waals surface area contributed by atoms with E-state index in [1.54, 1.807) is 12.4 Å². The molecule has 130 valence electrons. The van der Waals surface area contributed by atoms with Crippen LogP contribution in [0.1, 0.15) is 45.2 Å². The highest BCUT2D eigenvalue weighted by Gasteiger charge is 2.32. The molecule has 0 bridgehead atoms. The number of piperidine rings is 1. The molecule has 1 aromatic rings. The first kappa shape index (κ1) is 16.7. The van der Waals surface area contributed by atoms with E-state index in [0.29, 0.717) is 25.5 Å². The highest BCUT2D eigenvalue weighted by molar-refractivity contribution is 5.87. The van der Waals surface area contributed by atoms with Gasteiger partial charge in [0.15, 0.2) is 5.82 Å². The van der Waals surface area contributed by atoms with Gasteiger partial charge in [-0.25, -0.2) is 9.78 Å². The van der Waals surface area contributed by atoms with Crippen molar-refractivity contribution in [1.29, 1.82) is 0 Å². The Kier molecular flexibility index (Phi) is 4.43. The number of rotatable bonds is 2. The summed E-state index contributed by atoms with van der Waals surface area (Å²) in [5.74, 6) is 0.883. The summed E-state index contributed by atoms with van der Waals surface area (Å²) in [6.45, 7) is 8.21. The van der Waals surface area contributed by atoms with Gasteiger partial charge in [0.05, 0.1) is 24.6 Å². The van der Waals surface area contributed by atoms with E-state index in [-0.39, 0.29) is 23.3 Å². The van der Waals surface area contributed by atoms with Crippen LogP contribution in [-0.4, -0.2) is 53.1 Å². The van der Waals surface area contributed by atoms with Gasteiger partial charge in [-0.3, -0.25) is 14.7 Å². The predicted molar refractivity (Wildman–Crippen MR) is 88.7 cm³/mol. The van der Waals surface area contributed by atoms with E-state index in [4.69, 9.17) is 4.74 Å². The number of carbonyl (C=O) groups excluding carboxylic acids is 2. The van der Waals surface area contributed by atoms with Crippen molar-refractivity contribution in [3.63, 3.8) is 0 Å². The lowest BCUT2D eigenvalue weighted by atomic mass is 9.90. The van der Waals surface area contributed by atoms with Crippen LogP contribution in [0.15, 0.2) is 12.4 Å². The average Bonchev–Trinajstić information content (AvgIpc) is 2.99. The van der Waals surface area contributed by atoms with Gasteiger partial charge in [-0.15, -0.1) is 0 Å². The van der Waals surface area contributed by atoms with E-state index in [9.17, 15) is 9.59 Å². The summed E-state index contributed by atoms with van der Waals surface area (Å²) in [5, 5.41) is 0. The summed E-state index contributed by atoms with van der Waals surface area (Å²) in [4.78, 5) is 36.3. The fourth-order valence-electron chi connectivity index (χ4n) is 3.16. The number of carbonyl (C=O) groups is 2. The van der Waals surface area contributed by atoms with Crippen LogP contribution in [0, 0.1) is 5.41 Å². The molecule has 24 heavy (non-hydrogen) atoms. The highest BCUT2D eigenvalue weighted by atomic mass is 16.6. The van der Waals surface area contributed by atoms with Crippen LogP contribution >= 0.6 is 0 Å². The molecule has 0 radical (unpaired) electrons. The fraction of sp³-hybridized carbons (Fsp3) is 0.647. The van der Waals surface area contributed by atoms with Crippen LogP contribution in [0.5, 0.6) is 0 Å². The highest BCUT2D eigenvalue weighted by Crippen LogP contribution is 2.29. The molecule has 1 aromatic heterocycles. The van der Waals surface area contributed by atoms with Crippen molar-refractivity contribution in [2.24, 2.45) is 5.41 Å². The topological polar surface area (TPSA) is 75.6 Å². The molecule has 0 aliphatic carbocycles. The molecule has 2 saturated heterocycles. The van der Waals surface area contributed by atoms with Crippen LogP contribution in [0.2, 0.25) is 0 Å². The Morgan fingerprint density at radius 3 is 2.62 bits per heavy atom. The molecule has 1 atom stereocenters. The standard InChI is InChI=1S/C17H24N4O3/c1-17(2,3)15(22)20-6-4-5-12(11-20)13-9-19-14(10-18-13)21-7-8-24-16(21)23/h9-10,12H,4-8,11H2,1-3H3. The zero-order valence-corrected chi connectivity index (χ0v) is 14.5. The third-order valence-electron chi connectivity index (χ3n) is 4.46. The largest absolute Gasteiger partial charge is 0.447 e. The van der Waals surface area contributed by atoms with E-state index in [0.717, 1.165) is 25.1 Å². The molecule has 0 saturated carbocycles. The van der Waals surface area contributed by atoms with Gasteiger partial charge >= 0.3 is 6.09 Å². The summed E-state index contributed by atoms with van der Waals surface area (Å²) >= 11 is 0. The molecule has 7 nitrogen and oxygen atoms in total. The number of nitrogens with zero attached hydrogens (tertiary/aromatic N) is 4. The zero-order chi connectivity index (χ0) is 17.3. The van der Waals surface area contributed by atoms with Gasteiger partial charge in [-0.2, -0.15) is 0 Å². The first-order chi connectivity index (χ1) is 11.4. The van der Waals surface area contributed by atoms with Gasteiger partial charge in [0.1, 0.15) is 6.61 Å². The predicted octanol–water partition coefficient (Wildman–Crippen LogP) is 2.19. The summed E-state index contributed by atoms with van der Waals surface area (Å²) in [7, 11) is 0. The Labute approximate surface area is 142 Å². The van der Waals surface area contributed by atoms with Crippen molar-refractivity contribution in [2.45, 2.75) is 39.5 Å². The zero-order valence-electron chi connectivity index (χ0n) is 14.5. The Balaban J connectivity index is 1.70. The van der Waals surface area contributed by atoms with E-state index >= 15 is 0 Å². The summed E-state index contributed by atoms with van der Waals surface area (Å²) < 4.78 is 4.91. The summed E-state index contributed by atoms with van der Waals surface area (Å²) in [5.41, 5.74) is 0.505. The quantitative estimate of drug-likeness (QED) is 0.830. The number of ether oxygens (including phenoxy) is 1. The smallest absolute Gasteiger partial charge is 0.415 e. The van der Waals surface area contributed by atoms with Crippen LogP contribution in [0.25, 0.3) is 0 Å². The Bertz CT molecular complexity index is 624. The molecule has 2 aliphatic rings. The average molecular weight is 332 g/mol. The maximum absolute atomic E-state index is 12.5. The fourth-order valence-corrected chi connectivity index (χ4v) is 3.16. The number of aromatic nitrogens is 2. The molecule has 0 aromatic carbocycles. The lowest BCUT2D eigenvalue weighted by Crippen LogP contribution is -2.44. The minimum Gasteiger partial charge on any atom is -0.447 e. The van der Waals surface area contributed by atoms with Gasteiger partial charge in [0, 0.05) is 24.4 Å². The minimum atomic E-state index is -0.378. The molecule has 2 amide bonds. The van der Waals surface area contributed by atoms with Crippen LogP contribution in [0.4, 0.5) is 10.6 Å². The monoisotopic (exact) mass is 332 g/mol. The maximum atomic E-state index is 12.5. The third-order valence-corrected chi connectivity index (χ3v) is 4.46.